The van der Waals surface area contributed by atoms with Crippen molar-refractivity contribution >= 4 is 47.1 Å². The van der Waals surface area contributed by atoms with Gasteiger partial charge in [0.2, 0.25) is 17.6 Å². The maximum absolute atomic E-state index is 13.5. The van der Waals surface area contributed by atoms with Gasteiger partial charge in [-0.2, -0.15) is 11.8 Å². The lowest BCUT2D eigenvalue weighted by molar-refractivity contribution is -0.184. The maximum atomic E-state index is 13.5. The third-order valence-corrected chi connectivity index (χ3v) is 12.6. The molecule has 5 N–H and O–H groups in total. The van der Waals surface area contributed by atoms with Gasteiger partial charge in [-0.3, -0.25) is 24.0 Å². The molecule has 0 bridgehead atoms. The second kappa shape index (κ2) is 15.0. The summed E-state index contributed by atoms with van der Waals surface area (Å²) in [5, 5.41) is 37.9. The Hall–Kier alpha value is -2.77. The zero-order chi connectivity index (χ0) is 35.6. The molecule has 0 radical (unpaired) electrons. The number of Topliss-reactive ketones (excluding diaryl/α,β-unsaturated/α-hetero) is 1. The van der Waals surface area contributed by atoms with E-state index in [9.17, 15) is 44.1 Å². The minimum atomic E-state index is -1.79. The van der Waals surface area contributed by atoms with E-state index in [0.29, 0.717) is 25.0 Å². The zero-order valence-electron chi connectivity index (χ0n) is 28.7. The van der Waals surface area contributed by atoms with Gasteiger partial charge in [0.05, 0.1) is 12.5 Å². The topological polar surface area (TPSA) is 196 Å². The zero-order valence-corrected chi connectivity index (χ0v) is 29.5. The number of carbonyl (C=O) groups is 6. The summed E-state index contributed by atoms with van der Waals surface area (Å²) in [5.41, 5.74) is -1.90. The number of amides is 2. The molecule has 0 spiro atoms. The number of allylic oxidation sites excluding steroid dienone is 1. The fraction of sp³-hybridized carbons (Fsp3) is 0.771. The number of carboxylic acids is 1. The molecule has 2 amide bonds. The van der Waals surface area contributed by atoms with Gasteiger partial charge in [0, 0.05) is 18.3 Å². The normalized spacial score (nSPS) is 33.8. The first kappa shape index (κ1) is 38.0. The van der Waals surface area contributed by atoms with Crippen LogP contribution in [-0.4, -0.2) is 93.0 Å². The molecule has 0 saturated heterocycles. The van der Waals surface area contributed by atoms with Gasteiger partial charge in [-0.15, -0.1) is 0 Å². The van der Waals surface area contributed by atoms with E-state index in [1.165, 1.54) is 11.8 Å². The molecule has 13 heteroatoms. The average molecular weight is 693 g/mol. The number of aliphatic hydroxyl groups is 2. The van der Waals surface area contributed by atoms with Crippen LogP contribution < -0.4 is 10.6 Å². The van der Waals surface area contributed by atoms with Crippen LogP contribution in [0.3, 0.4) is 0 Å². The molecule has 4 aliphatic carbocycles. The molecule has 3 saturated carbocycles. The highest BCUT2D eigenvalue weighted by Gasteiger charge is 2.68. The van der Waals surface area contributed by atoms with E-state index in [4.69, 9.17) is 4.74 Å². The number of hydrogen-bond donors (Lipinski definition) is 5. The molecule has 0 aromatic rings. The van der Waals surface area contributed by atoms with E-state index in [1.807, 2.05) is 13.2 Å². The standard InChI is InChI=1S/C35H52N2O10S/c1-19(2)30(31(43)36-24(32(44)45)12-15-48-5)37-27(41)8-9-28(42)47-18-26(40)35(46)14-11-23-22-7-6-20-16-21(38)10-13-33(20,3)29(22)25(39)17-34(23,35)4/h16,19,22-25,29-30,39,46H,6-15,17-18H2,1-5H3,(H,36,43)(H,37,41)(H,44,45). The molecule has 4 rings (SSSR count). The van der Waals surface area contributed by atoms with Crippen LogP contribution in [0.25, 0.3) is 0 Å². The van der Waals surface area contributed by atoms with E-state index >= 15 is 0 Å². The number of carbonyl (C=O) groups excluding carboxylic acids is 5. The molecule has 9 atom stereocenters. The Bertz CT molecular complexity index is 1330. The molecule has 9 unspecified atom stereocenters. The summed E-state index contributed by atoms with van der Waals surface area (Å²) in [6.45, 7) is 6.73. The van der Waals surface area contributed by atoms with Gasteiger partial charge in [-0.25, -0.2) is 4.79 Å². The first-order valence-corrected chi connectivity index (χ1v) is 18.5. The number of fused-ring (bicyclic) bond motifs is 5. The lowest BCUT2D eigenvalue weighted by Crippen LogP contribution is -2.62. The monoisotopic (exact) mass is 692 g/mol. The van der Waals surface area contributed by atoms with E-state index in [1.54, 1.807) is 19.9 Å². The highest BCUT2D eigenvalue weighted by Crippen LogP contribution is 2.67. The van der Waals surface area contributed by atoms with E-state index in [-0.39, 0.29) is 67.0 Å². The summed E-state index contributed by atoms with van der Waals surface area (Å²) in [7, 11) is 0. The highest BCUT2D eigenvalue weighted by molar-refractivity contribution is 7.98. The molecule has 3 fully saturated rings. The van der Waals surface area contributed by atoms with E-state index < -0.39 is 65.3 Å². The fourth-order valence-corrected chi connectivity index (χ4v) is 9.71. The van der Waals surface area contributed by atoms with Crippen molar-refractivity contribution in [1.82, 2.24) is 10.6 Å². The van der Waals surface area contributed by atoms with Crippen molar-refractivity contribution in [2.75, 3.05) is 18.6 Å². The molecule has 48 heavy (non-hydrogen) atoms. The first-order chi connectivity index (χ1) is 22.5. The van der Waals surface area contributed by atoms with Crippen LogP contribution in [0.5, 0.6) is 0 Å². The molecular formula is C35H52N2O10S. The number of aliphatic carboxylic acids is 1. The average Bonchev–Trinajstić information content (AvgIpc) is 3.29. The third kappa shape index (κ3) is 7.38. The number of rotatable bonds is 14. The van der Waals surface area contributed by atoms with Crippen LogP contribution in [-0.2, 0) is 33.5 Å². The van der Waals surface area contributed by atoms with Crippen LogP contribution in [0.4, 0.5) is 0 Å². The largest absolute Gasteiger partial charge is 0.480 e. The van der Waals surface area contributed by atoms with Crippen molar-refractivity contribution in [3.8, 4) is 0 Å². The van der Waals surface area contributed by atoms with Crippen molar-refractivity contribution in [3.05, 3.63) is 11.6 Å². The van der Waals surface area contributed by atoms with Crippen molar-refractivity contribution in [1.29, 1.82) is 0 Å². The lowest BCUT2D eigenvalue weighted by atomic mass is 9.45. The molecule has 12 nitrogen and oxygen atoms in total. The number of nitrogens with one attached hydrogen (secondary N) is 2. The third-order valence-electron chi connectivity index (χ3n) is 11.9. The molecular weight excluding hydrogens is 640 g/mol. The van der Waals surface area contributed by atoms with Crippen LogP contribution in [0.1, 0.15) is 91.9 Å². The molecule has 268 valence electrons. The summed E-state index contributed by atoms with van der Waals surface area (Å²) in [5.74, 6) is -3.56. The Morgan fingerprint density at radius 1 is 1.06 bits per heavy atom. The summed E-state index contributed by atoms with van der Waals surface area (Å²) in [6.07, 6.45) is 6.04. The predicted octanol–water partition coefficient (Wildman–Crippen LogP) is 2.58. The summed E-state index contributed by atoms with van der Waals surface area (Å²) < 4.78 is 5.23. The van der Waals surface area contributed by atoms with Gasteiger partial charge in [-0.05, 0) is 92.1 Å². The Balaban J connectivity index is 1.31. The molecule has 0 aliphatic heterocycles. The van der Waals surface area contributed by atoms with E-state index in [0.717, 1.165) is 18.4 Å². The fourth-order valence-electron chi connectivity index (χ4n) is 9.24. The maximum Gasteiger partial charge on any atom is 0.326 e. The van der Waals surface area contributed by atoms with E-state index in [2.05, 4.69) is 17.6 Å². The summed E-state index contributed by atoms with van der Waals surface area (Å²) in [4.78, 5) is 75.3. The van der Waals surface area contributed by atoms with Gasteiger partial charge in [0.1, 0.15) is 17.7 Å². The molecule has 4 aliphatic rings. The minimum Gasteiger partial charge on any atom is -0.480 e. The second-order valence-corrected chi connectivity index (χ2v) is 16.0. The van der Waals surface area contributed by atoms with Crippen molar-refractivity contribution in [2.45, 2.75) is 116 Å². The first-order valence-electron chi connectivity index (χ1n) is 17.1. The molecule has 0 heterocycles. The minimum absolute atomic E-state index is 0.0161. The van der Waals surface area contributed by atoms with Gasteiger partial charge < -0.3 is 30.7 Å². The summed E-state index contributed by atoms with van der Waals surface area (Å²) in [6, 6.07) is -2.11. The van der Waals surface area contributed by atoms with Crippen LogP contribution >= 0.6 is 11.8 Å². The Labute approximate surface area is 286 Å². The number of ether oxygens (including phenoxy) is 1. The number of esters is 1. The highest BCUT2D eigenvalue weighted by atomic mass is 32.2. The smallest absolute Gasteiger partial charge is 0.326 e. The number of ketones is 2. The summed E-state index contributed by atoms with van der Waals surface area (Å²) >= 11 is 1.45. The van der Waals surface area contributed by atoms with Gasteiger partial charge in [0.25, 0.3) is 0 Å². The molecule has 0 aromatic carbocycles. The van der Waals surface area contributed by atoms with Gasteiger partial charge >= 0.3 is 11.9 Å². The van der Waals surface area contributed by atoms with Gasteiger partial charge in [0.15, 0.2) is 12.4 Å². The number of hydrogen-bond acceptors (Lipinski definition) is 10. The van der Waals surface area contributed by atoms with Crippen molar-refractivity contribution in [3.63, 3.8) is 0 Å². The quantitative estimate of drug-likeness (QED) is 0.168. The lowest BCUT2D eigenvalue weighted by Gasteiger charge is -2.60. The Morgan fingerprint density at radius 3 is 2.42 bits per heavy atom. The van der Waals surface area contributed by atoms with Crippen molar-refractivity contribution < 1.29 is 48.8 Å². The van der Waals surface area contributed by atoms with Crippen LogP contribution in [0.2, 0.25) is 0 Å². The van der Waals surface area contributed by atoms with Gasteiger partial charge in [-0.1, -0.05) is 33.3 Å². The number of thioether (sulfide) groups is 1. The Morgan fingerprint density at radius 2 is 1.77 bits per heavy atom. The predicted molar refractivity (Wildman–Crippen MR) is 178 cm³/mol. The number of carboxylic acid groups (broad SMARTS) is 1. The SMILES string of the molecule is CSCCC(NC(=O)C(NC(=O)CCC(=O)OCC(=O)C1(O)CCC2C3CCC4=CC(=O)CCC4(C)C3C(O)CC21C)C(C)C)C(=O)O. The van der Waals surface area contributed by atoms with Crippen molar-refractivity contribution in [2.24, 2.45) is 34.5 Å². The van der Waals surface area contributed by atoms with Crippen LogP contribution in [0.15, 0.2) is 11.6 Å². The van der Waals surface area contributed by atoms with Crippen LogP contribution in [0, 0.1) is 34.5 Å². The Kier molecular flexibility index (Phi) is 11.9. The number of aliphatic hydroxyl groups excluding tert-OH is 1. The molecule has 0 aromatic heterocycles. The second-order valence-electron chi connectivity index (χ2n) is 15.0.